The van der Waals surface area contributed by atoms with E-state index in [2.05, 4.69) is 20.9 Å². The second-order valence-electron chi connectivity index (χ2n) is 3.74. The summed E-state index contributed by atoms with van der Waals surface area (Å²) in [6.45, 7) is 3.84. The lowest BCUT2D eigenvalue weighted by molar-refractivity contribution is -0.383. The van der Waals surface area contributed by atoms with Crippen molar-refractivity contribution in [1.29, 1.82) is 0 Å². The third kappa shape index (κ3) is 1.80. The van der Waals surface area contributed by atoms with Crippen LogP contribution in [0.25, 0.3) is 11.1 Å². The van der Waals surface area contributed by atoms with Gasteiger partial charge in [0.25, 0.3) is 0 Å². The zero-order valence-electron chi connectivity index (χ0n) is 8.73. The van der Waals surface area contributed by atoms with Crippen molar-refractivity contribution in [1.82, 2.24) is 4.98 Å². The van der Waals surface area contributed by atoms with Crippen molar-refractivity contribution in [3.63, 3.8) is 0 Å². The Morgan fingerprint density at radius 3 is 2.75 bits per heavy atom. The molecular formula is C10H9BrN2O3. The van der Waals surface area contributed by atoms with E-state index in [4.69, 9.17) is 4.42 Å². The van der Waals surface area contributed by atoms with Crippen LogP contribution in [-0.2, 0) is 0 Å². The first-order chi connectivity index (χ1) is 7.49. The molecule has 0 spiro atoms. The maximum atomic E-state index is 10.8. The number of halogens is 1. The molecule has 84 valence electrons. The first-order valence-electron chi connectivity index (χ1n) is 4.73. The molecule has 1 aromatic carbocycles. The van der Waals surface area contributed by atoms with Crippen molar-refractivity contribution in [2.75, 3.05) is 0 Å². The van der Waals surface area contributed by atoms with Crippen molar-refractivity contribution in [2.24, 2.45) is 0 Å². The predicted molar refractivity (Wildman–Crippen MR) is 62.5 cm³/mol. The lowest BCUT2D eigenvalue weighted by atomic mass is 10.2. The number of oxazole rings is 1. The SMILES string of the molecule is CC(C)c1nc2cc(Br)cc([N+](=O)[O-])c2o1. The second-order valence-corrected chi connectivity index (χ2v) is 4.65. The van der Waals surface area contributed by atoms with Crippen molar-refractivity contribution in [3.8, 4) is 0 Å². The lowest BCUT2D eigenvalue weighted by Crippen LogP contribution is -1.88. The van der Waals surface area contributed by atoms with Crippen molar-refractivity contribution in [2.45, 2.75) is 19.8 Å². The van der Waals surface area contributed by atoms with E-state index in [0.717, 1.165) is 0 Å². The van der Waals surface area contributed by atoms with Crippen LogP contribution in [0.4, 0.5) is 5.69 Å². The van der Waals surface area contributed by atoms with Gasteiger partial charge in [-0.15, -0.1) is 0 Å². The van der Waals surface area contributed by atoms with Crippen LogP contribution < -0.4 is 0 Å². The summed E-state index contributed by atoms with van der Waals surface area (Å²) in [6, 6.07) is 3.12. The molecule has 0 N–H and O–H groups in total. The minimum absolute atomic E-state index is 0.0659. The summed E-state index contributed by atoms with van der Waals surface area (Å²) in [6.07, 6.45) is 0. The maximum Gasteiger partial charge on any atom is 0.315 e. The van der Waals surface area contributed by atoms with Gasteiger partial charge in [0.1, 0.15) is 5.52 Å². The number of rotatable bonds is 2. The van der Waals surface area contributed by atoms with Gasteiger partial charge >= 0.3 is 5.69 Å². The van der Waals surface area contributed by atoms with Crippen molar-refractivity contribution < 1.29 is 9.34 Å². The quantitative estimate of drug-likeness (QED) is 0.624. The minimum atomic E-state index is -0.470. The number of nitro benzene ring substituents is 1. The monoisotopic (exact) mass is 284 g/mol. The molecule has 0 unspecified atom stereocenters. The fourth-order valence-corrected chi connectivity index (χ4v) is 1.82. The van der Waals surface area contributed by atoms with Gasteiger partial charge in [-0.2, -0.15) is 0 Å². The zero-order chi connectivity index (χ0) is 11.9. The normalized spacial score (nSPS) is 11.2. The van der Waals surface area contributed by atoms with E-state index in [0.29, 0.717) is 15.9 Å². The van der Waals surface area contributed by atoms with Crippen LogP contribution >= 0.6 is 15.9 Å². The Morgan fingerprint density at radius 1 is 1.50 bits per heavy atom. The number of hydrogen-bond donors (Lipinski definition) is 0. The summed E-state index contributed by atoms with van der Waals surface area (Å²) in [5.41, 5.74) is 0.672. The average molecular weight is 285 g/mol. The van der Waals surface area contributed by atoms with Crippen LogP contribution in [0.2, 0.25) is 0 Å². The molecular weight excluding hydrogens is 276 g/mol. The van der Waals surface area contributed by atoms with Gasteiger partial charge in [-0.1, -0.05) is 29.8 Å². The van der Waals surface area contributed by atoms with E-state index in [1.807, 2.05) is 13.8 Å². The number of non-ortho nitro benzene ring substituents is 1. The fourth-order valence-electron chi connectivity index (χ4n) is 1.38. The molecule has 2 aromatic rings. The number of fused-ring (bicyclic) bond motifs is 1. The largest absolute Gasteiger partial charge is 0.433 e. The molecule has 16 heavy (non-hydrogen) atoms. The summed E-state index contributed by atoms with van der Waals surface area (Å²) in [5, 5.41) is 10.8. The summed E-state index contributed by atoms with van der Waals surface area (Å²) in [5.74, 6) is 0.613. The van der Waals surface area contributed by atoms with Gasteiger partial charge in [-0.25, -0.2) is 4.98 Å². The molecule has 0 bridgehead atoms. The predicted octanol–water partition coefficient (Wildman–Crippen LogP) is 3.62. The first-order valence-corrected chi connectivity index (χ1v) is 5.52. The fraction of sp³-hybridized carbons (Fsp3) is 0.300. The molecule has 0 radical (unpaired) electrons. The van der Waals surface area contributed by atoms with Gasteiger partial charge in [0, 0.05) is 16.5 Å². The minimum Gasteiger partial charge on any atom is -0.433 e. The Morgan fingerprint density at radius 2 is 2.19 bits per heavy atom. The van der Waals surface area contributed by atoms with E-state index in [-0.39, 0.29) is 17.2 Å². The Balaban J connectivity index is 2.75. The van der Waals surface area contributed by atoms with Gasteiger partial charge < -0.3 is 4.42 Å². The third-order valence-corrected chi connectivity index (χ3v) is 2.60. The molecule has 5 nitrogen and oxygen atoms in total. The molecule has 6 heteroatoms. The molecule has 1 aromatic heterocycles. The summed E-state index contributed by atoms with van der Waals surface area (Å²) >= 11 is 3.21. The number of nitrogens with zero attached hydrogens (tertiary/aromatic N) is 2. The molecule has 0 aliphatic rings. The highest BCUT2D eigenvalue weighted by Crippen LogP contribution is 2.32. The molecule has 0 amide bonds. The number of aromatic nitrogens is 1. The number of hydrogen-bond acceptors (Lipinski definition) is 4. The van der Waals surface area contributed by atoms with Crippen LogP contribution in [0.3, 0.4) is 0 Å². The topological polar surface area (TPSA) is 69.2 Å². The highest BCUT2D eigenvalue weighted by Gasteiger charge is 2.20. The Bertz CT molecular complexity index is 562. The summed E-state index contributed by atoms with van der Waals surface area (Å²) in [7, 11) is 0. The smallest absolute Gasteiger partial charge is 0.315 e. The standard InChI is InChI=1S/C10H9BrN2O3/c1-5(2)10-12-7-3-6(11)4-8(13(14)15)9(7)16-10/h3-5H,1-2H3. The second kappa shape index (κ2) is 3.86. The molecule has 0 aliphatic carbocycles. The van der Waals surface area contributed by atoms with Gasteiger partial charge in [0.15, 0.2) is 5.89 Å². The van der Waals surface area contributed by atoms with E-state index in [1.54, 1.807) is 6.07 Å². The van der Waals surface area contributed by atoms with Crippen LogP contribution in [0.5, 0.6) is 0 Å². The third-order valence-electron chi connectivity index (χ3n) is 2.14. The van der Waals surface area contributed by atoms with Crippen LogP contribution in [0.1, 0.15) is 25.7 Å². The molecule has 2 rings (SSSR count). The highest BCUT2D eigenvalue weighted by molar-refractivity contribution is 9.10. The first kappa shape index (κ1) is 11.1. The molecule has 0 saturated carbocycles. The Labute approximate surface area is 99.7 Å². The van der Waals surface area contributed by atoms with Crippen LogP contribution in [0.15, 0.2) is 21.0 Å². The van der Waals surface area contributed by atoms with Gasteiger partial charge in [0.2, 0.25) is 5.58 Å². The van der Waals surface area contributed by atoms with E-state index < -0.39 is 4.92 Å². The molecule has 0 aliphatic heterocycles. The van der Waals surface area contributed by atoms with Crippen LogP contribution in [-0.4, -0.2) is 9.91 Å². The number of nitro groups is 1. The molecule has 1 heterocycles. The maximum absolute atomic E-state index is 10.8. The van der Waals surface area contributed by atoms with Gasteiger partial charge in [0.05, 0.1) is 4.92 Å². The van der Waals surface area contributed by atoms with E-state index in [9.17, 15) is 10.1 Å². The summed E-state index contributed by atoms with van der Waals surface area (Å²) in [4.78, 5) is 14.6. The number of benzene rings is 1. The Kier molecular flexibility index (Phi) is 2.67. The molecule has 0 fully saturated rings. The Hall–Kier alpha value is -1.43. The average Bonchev–Trinajstić information content (AvgIpc) is 2.59. The lowest BCUT2D eigenvalue weighted by Gasteiger charge is -1.94. The zero-order valence-corrected chi connectivity index (χ0v) is 10.3. The van der Waals surface area contributed by atoms with Crippen LogP contribution in [0, 0.1) is 10.1 Å². The van der Waals surface area contributed by atoms with Gasteiger partial charge in [-0.05, 0) is 6.07 Å². The van der Waals surface area contributed by atoms with Gasteiger partial charge in [-0.3, -0.25) is 10.1 Å². The highest BCUT2D eigenvalue weighted by atomic mass is 79.9. The molecule has 0 atom stereocenters. The van der Waals surface area contributed by atoms with Crippen molar-refractivity contribution >= 4 is 32.7 Å². The molecule has 0 saturated heterocycles. The van der Waals surface area contributed by atoms with E-state index in [1.165, 1.54) is 6.07 Å². The van der Waals surface area contributed by atoms with Crippen molar-refractivity contribution in [3.05, 3.63) is 32.6 Å². The van der Waals surface area contributed by atoms with E-state index >= 15 is 0 Å². The summed E-state index contributed by atoms with van der Waals surface area (Å²) < 4.78 is 6.02.